The maximum atomic E-state index is 5.86. The fourth-order valence-electron chi connectivity index (χ4n) is 1.54. The van der Waals surface area contributed by atoms with Crippen LogP contribution in [0.5, 0.6) is 5.75 Å². The normalized spacial score (nSPS) is 10.3. The molecule has 0 spiro atoms. The highest BCUT2D eigenvalue weighted by Crippen LogP contribution is 2.26. The first-order chi connectivity index (χ1) is 8.19. The molecule has 0 N–H and O–H groups in total. The summed E-state index contributed by atoms with van der Waals surface area (Å²) >= 11 is 11.7. The van der Waals surface area contributed by atoms with Crippen LogP contribution in [0.4, 0.5) is 0 Å². The van der Waals surface area contributed by atoms with Gasteiger partial charge in [0.1, 0.15) is 16.1 Å². The maximum Gasteiger partial charge on any atom is 0.131 e. The number of hydrogen-bond donors (Lipinski definition) is 0. The van der Waals surface area contributed by atoms with Crippen LogP contribution in [0.2, 0.25) is 10.3 Å². The van der Waals surface area contributed by atoms with Gasteiger partial charge in [0.15, 0.2) is 0 Å². The molecule has 1 heterocycles. The fraction of sp³-hybridized carbons (Fsp3) is 0.154. The van der Waals surface area contributed by atoms with Crippen LogP contribution in [-0.4, -0.2) is 11.6 Å². The van der Waals surface area contributed by atoms with E-state index in [0.717, 1.165) is 16.9 Å². The summed E-state index contributed by atoms with van der Waals surface area (Å²) in [5.74, 6) is 0.850. The minimum absolute atomic E-state index is 0.390. The third kappa shape index (κ3) is 3.11. The first-order valence-electron chi connectivity index (χ1n) is 5.25. The Labute approximate surface area is 110 Å². The minimum atomic E-state index is 0.390. The van der Waals surface area contributed by atoms with E-state index in [9.17, 15) is 0 Å². The largest absolute Gasteiger partial charge is 0.494 e. The Morgan fingerprint density at radius 1 is 1.00 bits per heavy atom. The van der Waals surface area contributed by atoms with Crippen molar-refractivity contribution < 1.29 is 4.74 Å². The molecule has 0 unspecified atom stereocenters. The van der Waals surface area contributed by atoms with Crippen molar-refractivity contribution in [2.24, 2.45) is 0 Å². The minimum Gasteiger partial charge on any atom is -0.494 e. The number of ether oxygens (including phenoxy) is 1. The summed E-state index contributed by atoms with van der Waals surface area (Å²) in [5.41, 5.74) is 1.97. The molecule has 17 heavy (non-hydrogen) atoms. The topological polar surface area (TPSA) is 22.1 Å². The van der Waals surface area contributed by atoms with Gasteiger partial charge in [-0.05, 0) is 42.3 Å². The Kier molecular flexibility index (Phi) is 3.87. The van der Waals surface area contributed by atoms with E-state index in [-0.39, 0.29) is 0 Å². The van der Waals surface area contributed by atoms with Crippen molar-refractivity contribution in [2.75, 3.05) is 6.61 Å². The van der Waals surface area contributed by atoms with Crippen LogP contribution in [0.1, 0.15) is 6.92 Å². The van der Waals surface area contributed by atoms with Gasteiger partial charge >= 0.3 is 0 Å². The summed E-state index contributed by atoms with van der Waals surface area (Å²) in [6, 6.07) is 11.3. The number of aromatic nitrogens is 1. The molecule has 0 saturated heterocycles. The number of rotatable bonds is 3. The van der Waals surface area contributed by atoms with Crippen molar-refractivity contribution >= 4 is 23.2 Å². The lowest BCUT2D eigenvalue weighted by molar-refractivity contribution is 0.340. The number of halogens is 2. The Hall–Kier alpha value is -1.25. The predicted molar refractivity (Wildman–Crippen MR) is 70.9 cm³/mol. The van der Waals surface area contributed by atoms with Gasteiger partial charge in [-0.2, -0.15) is 0 Å². The van der Waals surface area contributed by atoms with E-state index < -0.39 is 0 Å². The second-order valence-electron chi connectivity index (χ2n) is 3.46. The Bertz CT molecular complexity index is 491. The average Bonchev–Trinajstić information content (AvgIpc) is 2.29. The van der Waals surface area contributed by atoms with Crippen molar-refractivity contribution in [3.8, 4) is 16.9 Å². The van der Waals surface area contributed by atoms with Gasteiger partial charge in [-0.25, -0.2) is 4.98 Å². The lowest BCUT2D eigenvalue weighted by Gasteiger charge is -2.05. The fourth-order valence-corrected chi connectivity index (χ4v) is 2.00. The molecule has 1 aromatic heterocycles. The molecule has 0 bridgehead atoms. The molecule has 0 amide bonds. The van der Waals surface area contributed by atoms with E-state index in [1.807, 2.05) is 31.2 Å². The van der Waals surface area contributed by atoms with Gasteiger partial charge in [-0.15, -0.1) is 0 Å². The zero-order valence-corrected chi connectivity index (χ0v) is 10.8. The Morgan fingerprint density at radius 2 is 1.59 bits per heavy atom. The summed E-state index contributed by atoms with van der Waals surface area (Å²) in [6.45, 7) is 2.61. The molecule has 0 fully saturated rings. The number of pyridine rings is 1. The average molecular weight is 268 g/mol. The van der Waals surface area contributed by atoms with E-state index in [1.54, 1.807) is 12.1 Å². The van der Waals surface area contributed by atoms with Crippen molar-refractivity contribution in [2.45, 2.75) is 6.92 Å². The maximum absolute atomic E-state index is 5.86. The molecule has 2 rings (SSSR count). The van der Waals surface area contributed by atoms with Gasteiger partial charge in [0.25, 0.3) is 0 Å². The molecule has 2 nitrogen and oxygen atoms in total. The molecule has 2 aromatic rings. The highest BCUT2D eigenvalue weighted by atomic mass is 35.5. The van der Waals surface area contributed by atoms with Gasteiger partial charge in [-0.3, -0.25) is 0 Å². The van der Waals surface area contributed by atoms with Crippen molar-refractivity contribution in [1.29, 1.82) is 0 Å². The van der Waals surface area contributed by atoms with Gasteiger partial charge in [0.2, 0.25) is 0 Å². The third-order valence-corrected chi connectivity index (χ3v) is 2.65. The van der Waals surface area contributed by atoms with Crippen LogP contribution in [0, 0.1) is 0 Å². The van der Waals surface area contributed by atoms with E-state index in [2.05, 4.69) is 4.98 Å². The quantitative estimate of drug-likeness (QED) is 0.767. The molecule has 0 saturated carbocycles. The number of hydrogen-bond acceptors (Lipinski definition) is 2. The summed E-state index contributed by atoms with van der Waals surface area (Å²) in [6.07, 6.45) is 0. The monoisotopic (exact) mass is 267 g/mol. The smallest absolute Gasteiger partial charge is 0.131 e. The summed E-state index contributed by atoms with van der Waals surface area (Å²) < 4.78 is 5.38. The Balaban J connectivity index is 2.32. The van der Waals surface area contributed by atoms with Gasteiger partial charge < -0.3 is 4.74 Å². The molecular weight excluding hydrogens is 257 g/mol. The van der Waals surface area contributed by atoms with Gasteiger partial charge in [0.05, 0.1) is 6.61 Å². The first-order valence-corrected chi connectivity index (χ1v) is 6.01. The molecule has 1 aromatic carbocycles. The Morgan fingerprint density at radius 3 is 2.12 bits per heavy atom. The SMILES string of the molecule is CCOc1ccc(-c2cc(Cl)nc(Cl)c2)cc1. The van der Waals surface area contributed by atoms with Crippen molar-refractivity contribution in [3.05, 3.63) is 46.7 Å². The molecule has 0 atom stereocenters. The van der Waals surface area contributed by atoms with E-state index in [4.69, 9.17) is 27.9 Å². The predicted octanol–water partition coefficient (Wildman–Crippen LogP) is 4.45. The standard InChI is InChI=1S/C13H11Cl2NO/c1-2-17-11-5-3-9(4-6-11)10-7-12(14)16-13(15)8-10/h3-8H,2H2,1H3. The number of nitrogens with zero attached hydrogens (tertiary/aromatic N) is 1. The summed E-state index contributed by atoms with van der Waals surface area (Å²) in [4.78, 5) is 3.91. The van der Waals surface area contributed by atoms with E-state index in [0.29, 0.717) is 16.9 Å². The van der Waals surface area contributed by atoms with Gasteiger partial charge in [0, 0.05) is 0 Å². The lowest BCUT2D eigenvalue weighted by Crippen LogP contribution is -1.90. The highest BCUT2D eigenvalue weighted by Gasteiger charge is 2.02. The molecular formula is C13H11Cl2NO. The highest BCUT2D eigenvalue weighted by molar-refractivity contribution is 6.32. The second kappa shape index (κ2) is 5.39. The molecule has 4 heteroatoms. The molecule has 0 aliphatic carbocycles. The summed E-state index contributed by atoms with van der Waals surface area (Å²) in [7, 11) is 0. The molecule has 0 aliphatic rings. The van der Waals surface area contributed by atoms with Gasteiger partial charge in [-0.1, -0.05) is 35.3 Å². The van der Waals surface area contributed by atoms with Crippen LogP contribution in [0.15, 0.2) is 36.4 Å². The van der Waals surface area contributed by atoms with Crippen LogP contribution in [0.25, 0.3) is 11.1 Å². The molecule has 0 radical (unpaired) electrons. The third-order valence-electron chi connectivity index (χ3n) is 2.26. The van der Waals surface area contributed by atoms with Crippen molar-refractivity contribution in [3.63, 3.8) is 0 Å². The van der Waals surface area contributed by atoms with Crippen LogP contribution in [-0.2, 0) is 0 Å². The van der Waals surface area contributed by atoms with Crippen LogP contribution in [0.3, 0.4) is 0 Å². The van der Waals surface area contributed by atoms with Crippen LogP contribution < -0.4 is 4.74 Å². The van der Waals surface area contributed by atoms with Crippen molar-refractivity contribution in [1.82, 2.24) is 4.98 Å². The zero-order chi connectivity index (χ0) is 12.3. The van der Waals surface area contributed by atoms with E-state index >= 15 is 0 Å². The molecule has 0 aliphatic heterocycles. The molecule has 88 valence electrons. The first kappa shape index (κ1) is 12.2. The number of benzene rings is 1. The second-order valence-corrected chi connectivity index (χ2v) is 4.23. The lowest BCUT2D eigenvalue weighted by atomic mass is 10.1. The van der Waals surface area contributed by atoms with E-state index in [1.165, 1.54) is 0 Å². The summed E-state index contributed by atoms with van der Waals surface area (Å²) in [5, 5.41) is 0.780. The zero-order valence-electron chi connectivity index (χ0n) is 9.28. The van der Waals surface area contributed by atoms with Crippen LogP contribution >= 0.6 is 23.2 Å².